The number of alkyl halides is 1. The summed E-state index contributed by atoms with van der Waals surface area (Å²) in [6, 6.07) is -0.593. The molecule has 0 bridgehead atoms. The van der Waals surface area contributed by atoms with Gasteiger partial charge in [0.1, 0.15) is 5.38 Å². The van der Waals surface area contributed by atoms with Crippen molar-refractivity contribution in [3.8, 4) is 0 Å². The zero-order valence-electron chi connectivity index (χ0n) is 10.1. The number of rotatable bonds is 2. The predicted molar refractivity (Wildman–Crippen MR) is 62.2 cm³/mol. The molecule has 3 amide bonds. The molecule has 1 heterocycles. The number of hydrogen-bond acceptors (Lipinski definition) is 5. The Morgan fingerprint density at radius 3 is 2.72 bits per heavy atom. The lowest BCUT2D eigenvalue weighted by Crippen LogP contribution is -2.53. The van der Waals surface area contributed by atoms with Crippen LogP contribution in [-0.4, -0.2) is 61.1 Å². The maximum absolute atomic E-state index is 11.7. The molecule has 1 saturated heterocycles. The molecule has 1 N–H and O–H groups in total. The van der Waals surface area contributed by atoms with E-state index in [0.29, 0.717) is 6.54 Å². The smallest absolute Gasteiger partial charge is 0.336 e. The fourth-order valence-electron chi connectivity index (χ4n) is 1.39. The molecule has 2 unspecified atom stereocenters. The van der Waals surface area contributed by atoms with Gasteiger partial charge in [0.05, 0.1) is 20.3 Å². The number of carbonyl (C=O) groups is 3. The molecular formula is C10H15ClN2O5. The first kappa shape index (κ1) is 14.7. The average molecular weight is 279 g/mol. The van der Waals surface area contributed by atoms with Crippen LogP contribution in [-0.2, 0) is 19.1 Å². The number of imide groups is 1. The van der Waals surface area contributed by atoms with Crippen LogP contribution in [0.4, 0.5) is 4.79 Å². The molecule has 7 nitrogen and oxygen atoms in total. The van der Waals surface area contributed by atoms with Gasteiger partial charge in [-0.1, -0.05) is 0 Å². The van der Waals surface area contributed by atoms with Crippen molar-refractivity contribution in [2.45, 2.75) is 18.4 Å². The summed E-state index contributed by atoms with van der Waals surface area (Å²) in [5.74, 6) is -1.13. The minimum atomic E-state index is -0.821. The van der Waals surface area contributed by atoms with E-state index in [9.17, 15) is 14.4 Å². The first-order chi connectivity index (χ1) is 8.45. The molecule has 18 heavy (non-hydrogen) atoms. The van der Waals surface area contributed by atoms with Gasteiger partial charge < -0.3 is 14.4 Å². The third kappa shape index (κ3) is 3.85. The second-order valence-electron chi connectivity index (χ2n) is 3.74. The Kier molecular flexibility index (Phi) is 5.36. The zero-order valence-corrected chi connectivity index (χ0v) is 10.9. The maximum Gasteiger partial charge on any atom is 0.336 e. The van der Waals surface area contributed by atoms with Gasteiger partial charge in [0.2, 0.25) is 5.91 Å². The molecule has 1 aliphatic rings. The molecule has 102 valence electrons. The summed E-state index contributed by atoms with van der Waals surface area (Å²) in [6.45, 7) is 2.00. The number of hydrogen-bond donors (Lipinski definition) is 1. The van der Waals surface area contributed by atoms with E-state index >= 15 is 0 Å². The maximum atomic E-state index is 11.7. The third-order valence-electron chi connectivity index (χ3n) is 2.41. The summed E-state index contributed by atoms with van der Waals surface area (Å²) in [5.41, 5.74) is 0. The topological polar surface area (TPSA) is 84.9 Å². The largest absolute Gasteiger partial charge is 0.467 e. The van der Waals surface area contributed by atoms with Crippen molar-refractivity contribution in [2.75, 3.05) is 26.8 Å². The summed E-state index contributed by atoms with van der Waals surface area (Å²) < 4.78 is 9.68. The number of ether oxygens (including phenoxy) is 2. The van der Waals surface area contributed by atoms with Crippen molar-refractivity contribution in [1.82, 2.24) is 10.2 Å². The van der Waals surface area contributed by atoms with Crippen LogP contribution in [0.2, 0.25) is 0 Å². The average Bonchev–Trinajstić information content (AvgIpc) is 2.37. The van der Waals surface area contributed by atoms with Crippen LogP contribution in [0.15, 0.2) is 0 Å². The summed E-state index contributed by atoms with van der Waals surface area (Å²) in [4.78, 5) is 35.5. The number of urea groups is 1. The van der Waals surface area contributed by atoms with Gasteiger partial charge in [-0.15, -0.1) is 11.6 Å². The van der Waals surface area contributed by atoms with Gasteiger partial charge in [-0.25, -0.2) is 9.59 Å². The van der Waals surface area contributed by atoms with E-state index in [1.54, 1.807) is 0 Å². The lowest BCUT2D eigenvalue weighted by molar-refractivity contribution is -0.158. The van der Waals surface area contributed by atoms with Crippen molar-refractivity contribution in [3.05, 3.63) is 0 Å². The molecule has 1 aliphatic heterocycles. The van der Waals surface area contributed by atoms with E-state index in [2.05, 4.69) is 10.1 Å². The standard InChI is InChI=1S/C10H15ClN2O5/c1-6(11)8(14)12-10(16)13-3-4-18-7(5-13)9(15)17-2/h6-7H,3-5H2,1-2H3,(H,12,14,16). The van der Waals surface area contributed by atoms with Gasteiger partial charge in [0.15, 0.2) is 6.10 Å². The molecule has 0 radical (unpaired) electrons. The molecule has 0 aromatic rings. The quantitative estimate of drug-likeness (QED) is 0.555. The van der Waals surface area contributed by atoms with Gasteiger partial charge in [0.25, 0.3) is 0 Å². The molecule has 2 atom stereocenters. The third-order valence-corrected chi connectivity index (χ3v) is 2.61. The number of nitrogens with one attached hydrogen (secondary N) is 1. The molecule has 1 fully saturated rings. The van der Waals surface area contributed by atoms with E-state index in [0.717, 1.165) is 0 Å². The Morgan fingerprint density at radius 2 is 2.17 bits per heavy atom. The molecule has 8 heteroatoms. The van der Waals surface area contributed by atoms with Gasteiger partial charge in [-0.05, 0) is 6.92 Å². The minimum absolute atomic E-state index is 0.0441. The van der Waals surface area contributed by atoms with Crippen molar-refractivity contribution in [1.29, 1.82) is 0 Å². The zero-order chi connectivity index (χ0) is 13.7. The number of halogens is 1. The number of nitrogens with zero attached hydrogens (tertiary/aromatic N) is 1. The Hall–Kier alpha value is -1.34. The highest BCUT2D eigenvalue weighted by molar-refractivity contribution is 6.31. The molecule has 0 saturated carbocycles. The van der Waals surface area contributed by atoms with Crippen LogP contribution in [0.3, 0.4) is 0 Å². The normalized spacial score (nSPS) is 21.1. The summed E-state index contributed by atoms with van der Waals surface area (Å²) in [7, 11) is 1.24. The number of esters is 1. The van der Waals surface area contributed by atoms with E-state index in [1.807, 2.05) is 0 Å². The van der Waals surface area contributed by atoms with Crippen molar-refractivity contribution >= 4 is 29.5 Å². The Morgan fingerprint density at radius 1 is 1.50 bits per heavy atom. The van der Waals surface area contributed by atoms with E-state index in [1.165, 1.54) is 18.9 Å². The van der Waals surface area contributed by atoms with Crippen LogP contribution >= 0.6 is 11.6 Å². The first-order valence-electron chi connectivity index (χ1n) is 5.39. The van der Waals surface area contributed by atoms with Crippen molar-refractivity contribution < 1.29 is 23.9 Å². The van der Waals surface area contributed by atoms with Crippen LogP contribution < -0.4 is 5.32 Å². The highest BCUT2D eigenvalue weighted by Gasteiger charge is 2.30. The van der Waals surface area contributed by atoms with Gasteiger partial charge in [-0.2, -0.15) is 0 Å². The minimum Gasteiger partial charge on any atom is -0.467 e. The Bertz CT molecular complexity index is 347. The van der Waals surface area contributed by atoms with Crippen LogP contribution in [0.25, 0.3) is 0 Å². The Balaban J connectivity index is 2.53. The SMILES string of the molecule is COC(=O)C1CN(C(=O)NC(=O)C(C)Cl)CCO1. The second kappa shape index (κ2) is 6.55. The fourth-order valence-corrected chi connectivity index (χ4v) is 1.45. The molecule has 1 rings (SSSR count). The molecule has 0 spiro atoms. The first-order valence-corrected chi connectivity index (χ1v) is 5.82. The van der Waals surface area contributed by atoms with Crippen molar-refractivity contribution in [2.24, 2.45) is 0 Å². The van der Waals surface area contributed by atoms with Crippen molar-refractivity contribution in [3.63, 3.8) is 0 Å². The number of methoxy groups -OCH3 is 1. The second-order valence-corrected chi connectivity index (χ2v) is 4.39. The predicted octanol–water partition coefficient (Wildman–Crippen LogP) is -0.276. The fraction of sp³-hybridized carbons (Fsp3) is 0.700. The number of morpholine rings is 1. The van der Waals surface area contributed by atoms with Gasteiger partial charge in [0, 0.05) is 6.54 Å². The number of carbonyl (C=O) groups excluding carboxylic acids is 3. The molecule has 0 aromatic carbocycles. The monoisotopic (exact) mass is 278 g/mol. The number of amides is 3. The summed E-state index contributed by atoms with van der Waals surface area (Å²) in [6.07, 6.45) is -0.821. The van der Waals surface area contributed by atoms with E-state index in [4.69, 9.17) is 16.3 Å². The molecule has 0 aromatic heterocycles. The highest BCUT2D eigenvalue weighted by atomic mass is 35.5. The van der Waals surface area contributed by atoms with Crippen LogP contribution in [0, 0.1) is 0 Å². The molecular weight excluding hydrogens is 264 g/mol. The van der Waals surface area contributed by atoms with Gasteiger partial charge >= 0.3 is 12.0 Å². The summed E-state index contributed by atoms with van der Waals surface area (Å²) in [5, 5.41) is 1.34. The Labute approximate surface area is 109 Å². The van der Waals surface area contributed by atoms with E-state index < -0.39 is 29.4 Å². The highest BCUT2D eigenvalue weighted by Crippen LogP contribution is 2.07. The molecule has 0 aliphatic carbocycles. The van der Waals surface area contributed by atoms with Crippen LogP contribution in [0.5, 0.6) is 0 Å². The van der Waals surface area contributed by atoms with Gasteiger partial charge in [-0.3, -0.25) is 10.1 Å². The lowest BCUT2D eigenvalue weighted by atomic mass is 10.3. The van der Waals surface area contributed by atoms with E-state index in [-0.39, 0.29) is 13.2 Å². The van der Waals surface area contributed by atoms with Crippen LogP contribution in [0.1, 0.15) is 6.92 Å². The summed E-state index contributed by atoms with van der Waals surface area (Å²) >= 11 is 5.53. The lowest BCUT2D eigenvalue weighted by Gasteiger charge is -2.31.